The first-order chi connectivity index (χ1) is 21.1. The third-order valence-electron chi connectivity index (χ3n) is 8.43. The van der Waals surface area contributed by atoms with Gasteiger partial charge in [-0.1, -0.05) is 42.5 Å². The van der Waals surface area contributed by atoms with Gasteiger partial charge in [0.15, 0.2) is 0 Å². The first-order valence-corrected chi connectivity index (χ1v) is 17.7. The molecule has 4 unspecified atom stereocenters. The second-order valence-corrected chi connectivity index (χ2v) is 14.9. The van der Waals surface area contributed by atoms with Gasteiger partial charge in [0.2, 0.25) is 0 Å². The smallest absolute Gasteiger partial charge is 0.317 e. The molecule has 0 spiro atoms. The number of hydrogen-bond acceptors (Lipinski definition) is 7. The van der Waals surface area contributed by atoms with Crippen LogP contribution in [0.5, 0.6) is 0 Å². The molecule has 1 aliphatic heterocycles. The highest BCUT2D eigenvalue weighted by molar-refractivity contribution is 7.93. The van der Waals surface area contributed by atoms with Gasteiger partial charge in [-0.3, -0.25) is 14.2 Å². The lowest BCUT2D eigenvalue weighted by molar-refractivity contribution is -0.160. The summed E-state index contributed by atoms with van der Waals surface area (Å²) in [5.74, 6) is -1.12. The molecule has 44 heavy (non-hydrogen) atoms. The van der Waals surface area contributed by atoms with Crippen molar-refractivity contribution in [2.24, 2.45) is 17.8 Å². The number of allylic oxidation sites excluding steroid dienone is 3. The maximum absolute atomic E-state index is 13.3. The molecule has 3 aliphatic rings. The van der Waals surface area contributed by atoms with Gasteiger partial charge in [0.05, 0.1) is 21.8 Å². The van der Waals surface area contributed by atoms with E-state index in [1.165, 1.54) is 36.4 Å². The number of carbonyl (C=O) groups excluding carboxylic acids is 1. The van der Waals surface area contributed by atoms with Crippen LogP contribution in [-0.4, -0.2) is 34.0 Å². The maximum Gasteiger partial charge on any atom is 0.317 e. The lowest BCUT2D eigenvalue weighted by Gasteiger charge is -2.39. The Bertz CT molecular complexity index is 1800. The quantitative estimate of drug-likeness (QED) is 0.262. The van der Waals surface area contributed by atoms with Crippen LogP contribution in [0.15, 0.2) is 113 Å². The standard InChI is InChI=1S/C33H34N2O7S2/c36-32-28-13-6-1-2-7-14-29(28)42-33(37)31(32)30(22-15-16-22)23-9-8-10-25(21-23)35-44(40,41)27-19-17-24(18-20-27)34-43(38,39)26-11-4-3-5-12-26/h2-5,7-12,14,17-22,28,30-32,34-36H,1,6,13,15-16H2. The van der Waals surface area contributed by atoms with Crippen LogP contribution in [0, 0.1) is 17.8 Å². The predicted molar refractivity (Wildman–Crippen MR) is 167 cm³/mol. The van der Waals surface area contributed by atoms with Crippen LogP contribution in [0.25, 0.3) is 0 Å². The molecule has 2 aliphatic carbocycles. The summed E-state index contributed by atoms with van der Waals surface area (Å²) < 4.78 is 62.7. The minimum atomic E-state index is -4.02. The third-order valence-corrected chi connectivity index (χ3v) is 11.2. The molecule has 11 heteroatoms. The summed E-state index contributed by atoms with van der Waals surface area (Å²) in [6.45, 7) is 0. The zero-order valence-electron chi connectivity index (χ0n) is 23.9. The Morgan fingerprint density at radius 2 is 1.48 bits per heavy atom. The highest BCUT2D eigenvalue weighted by Crippen LogP contribution is 2.51. The van der Waals surface area contributed by atoms with Crippen LogP contribution >= 0.6 is 0 Å². The maximum atomic E-state index is 13.3. The lowest BCUT2D eigenvalue weighted by atomic mass is 9.72. The third kappa shape index (κ3) is 6.45. The Hall–Kier alpha value is -3.93. The molecule has 6 rings (SSSR count). The summed E-state index contributed by atoms with van der Waals surface area (Å²) in [5.41, 5.74) is 1.30. The van der Waals surface area contributed by atoms with Crippen molar-refractivity contribution in [3.8, 4) is 0 Å². The second-order valence-electron chi connectivity index (χ2n) is 11.5. The summed E-state index contributed by atoms with van der Waals surface area (Å²) in [6.07, 6.45) is 9.07. The van der Waals surface area contributed by atoms with E-state index in [0.29, 0.717) is 17.9 Å². The molecule has 3 aromatic rings. The minimum Gasteiger partial charge on any atom is -0.430 e. The van der Waals surface area contributed by atoms with Crippen molar-refractivity contribution in [1.82, 2.24) is 0 Å². The van der Waals surface area contributed by atoms with Gasteiger partial charge in [-0.25, -0.2) is 16.8 Å². The Morgan fingerprint density at radius 1 is 0.795 bits per heavy atom. The molecule has 1 saturated carbocycles. The summed E-state index contributed by atoms with van der Waals surface area (Å²) in [5, 5.41) is 11.5. The van der Waals surface area contributed by atoms with E-state index in [9.17, 15) is 26.7 Å². The van der Waals surface area contributed by atoms with Crippen molar-refractivity contribution in [3.05, 3.63) is 108 Å². The normalized spacial score (nSPS) is 22.9. The van der Waals surface area contributed by atoms with E-state index >= 15 is 0 Å². The number of fused-ring (bicyclic) bond motifs is 1. The van der Waals surface area contributed by atoms with Gasteiger partial charge in [0.1, 0.15) is 5.76 Å². The lowest BCUT2D eigenvalue weighted by Crippen LogP contribution is -2.45. The van der Waals surface area contributed by atoms with Crippen molar-refractivity contribution in [1.29, 1.82) is 0 Å². The molecule has 0 amide bonds. The molecular weight excluding hydrogens is 601 g/mol. The van der Waals surface area contributed by atoms with Gasteiger partial charge in [-0.2, -0.15) is 0 Å². The van der Waals surface area contributed by atoms with Gasteiger partial charge in [-0.05, 0) is 98.2 Å². The van der Waals surface area contributed by atoms with Gasteiger partial charge in [0.25, 0.3) is 20.0 Å². The summed E-state index contributed by atoms with van der Waals surface area (Å²) in [4.78, 5) is 13.3. The van der Waals surface area contributed by atoms with E-state index in [1.807, 2.05) is 18.2 Å². The Morgan fingerprint density at radius 3 is 2.18 bits per heavy atom. The molecule has 0 radical (unpaired) electrons. The largest absolute Gasteiger partial charge is 0.430 e. The van der Waals surface area contributed by atoms with E-state index < -0.39 is 38.0 Å². The van der Waals surface area contributed by atoms with Gasteiger partial charge in [-0.15, -0.1) is 0 Å². The van der Waals surface area contributed by atoms with Gasteiger partial charge < -0.3 is 9.84 Å². The zero-order valence-corrected chi connectivity index (χ0v) is 25.5. The molecule has 1 heterocycles. The topological polar surface area (TPSA) is 139 Å². The number of sulfonamides is 2. The Balaban J connectivity index is 1.20. The first-order valence-electron chi connectivity index (χ1n) is 14.7. The van der Waals surface area contributed by atoms with E-state index in [-0.39, 0.29) is 33.2 Å². The van der Waals surface area contributed by atoms with Crippen LogP contribution in [0.2, 0.25) is 0 Å². The van der Waals surface area contributed by atoms with Gasteiger partial charge in [0, 0.05) is 23.2 Å². The SMILES string of the molecule is O=C1OC2=CC=CCCCC2C(O)C1C(c1cccc(NS(=O)(=O)c2ccc(NS(=O)(=O)c3ccccc3)cc2)c1)C1CC1. The molecule has 3 aromatic carbocycles. The van der Waals surface area contributed by atoms with Crippen LogP contribution in [0.1, 0.15) is 43.6 Å². The summed E-state index contributed by atoms with van der Waals surface area (Å²) in [7, 11) is -7.85. The average Bonchev–Trinajstić information content (AvgIpc) is 3.82. The highest BCUT2D eigenvalue weighted by Gasteiger charge is 2.50. The number of aliphatic hydroxyl groups excluding tert-OH is 1. The molecule has 0 aromatic heterocycles. The predicted octanol–water partition coefficient (Wildman–Crippen LogP) is 5.56. The number of ether oxygens (including phenoxy) is 1. The van der Waals surface area contributed by atoms with Crippen molar-refractivity contribution < 1.29 is 31.5 Å². The fourth-order valence-corrected chi connectivity index (χ4v) is 8.26. The Labute approximate surface area is 257 Å². The first kappa shape index (κ1) is 30.1. The fourth-order valence-electron chi connectivity index (χ4n) is 6.13. The molecule has 4 atom stereocenters. The van der Waals surface area contributed by atoms with Crippen molar-refractivity contribution in [2.75, 3.05) is 9.44 Å². The Kier molecular flexibility index (Phi) is 8.36. The molecule has 1 saturated heterocycles. The number of rotatable bonds is 9. The van der Waals surface area contributed by atoms with E-state index in [4.69, 9.17) is 4.74 Å². The molecule has 0 bridgehead atoms. The van der Waals surface area contributed by atoms with Crippen LogP contribution in [0.4, 0.5) is 11.4 Å². The number of esters is 1. The minimum absolute atomic E-state index is 0.0479. The molecule has 2 fully saturated rings. The van der Waals surface area contributed by atoms with Crippen LogP contribution in [0.3, 0.4) is 0 Å². The highest BCUT2D eigenvalue weighted by atomic mass is 32.2. The fraction of sp³-hybridized carbons (Fsp3) is 0.303. The van der Waals surface area contributed by atoms with Crippen molar-refractivity contribution >= 4 is 37.4 Å². The number of benzene rings is 3. The average molecular weight is 635 g/mol. The zero-order chi connectivity index (χ0) is 30.9. The molecule has 9 nitrogen and oxygen atoms in total. The second kappa shape index (κ2) is 12.2. The van der Waals surface area contributed by atoms with E-state index in [1.54, 1.807) is 42.5 Å². The number of carbonyl (C=O) groups is 1. The van der Waals surface area contributed by atoms with Gasteiger partial charge >= 0.3 is 5.97 Å². The number of hydrogen-bond donors (Lipinski definition) is 3. The molecular formula is C33H34N2O7S2. The number of anilines is 2. The van der Waals surface area contributed by atoms with Crippen molar-refractivity contribution in [2.45, 2.75) is 53.9 Å². The van der Waals surface area contributed by atoms with Crippen LogP contribution in [-0.2, 0) is 29.6 Å². The molecule has 3 N–H and O–H groups in total. The van der Waals surface area contributed by atoms with Crippen LogP contribution < -0.4 is 9.44 Å². The summed E-state index contributed by atoms with van der Waals surface area (Å²) in [6, 6.07) is 20.2. The number of nitrogens with one attached hydrogen (secondary N) is 2. The molecule has 230 valence electrons. The monoisotopic (exact) mass is 634 g/mol. The van der Waals surface area contributed by atoms with E-state index in [0.717, 1.165) is 31.2 Å². The summed E-state index contributed by atoms with van der Waals surface area (Å²) >= 11 is 0. The van der Waals surface area contributed by atoms with E-state index in [2.05, 4.69) is 9.44 Å². The number of aliphatic hydroxyl groups is 1. The van der Waals surface area contributed by atoms with Crippen molar-refractivity contribution in [3.63, 3.8) is 0 Å².